The molecule has 0 amide bonds. The van der Waals surface area contributed by atoms with Crippen LogP contribution in [0.2, 0.25) is 0 Å². The van der Waals surface area contributed by atoms with Crippen LogP contribution in [0.4, 0.5) is 4.39 Å². The second-order valence-electron chi connectivity index (χ2n) is 4.43. The number of rotatable bonds is 2. The number of aromatic amines is 1. The largest absolute Gasteiger partial charge is 0.423 e. The molecule has 2 aromatic carbocycles. The smallest absolute Gasteiger partial charge is 0.343 e. The molecule has 0 spiro atoms. The lowest BCUT2D eigenvalue weighted by molar-refractivity contribution is 0.0734. The lowest BCUT2D eigenvalue weighted by atomic mass is 10.2. The summed E-state index contributed by atoms with van der Waals surface area (Å²) < 4.78 is 18.4. The molecule has 1 aromatic heterocycles. The summed E-state index contributed by atoms with van der Waals surface area (Å²) in [6.45, 7) is 1.61. The van der Waals surface area contributed by atoms with Crippen molar-refractivity contribution in [2.24, 2.45) is 0 Å². The zero-order chi connectivity index (χ0) is 14.1. The predicted octanol–water partition coefficient (Wildman–Crippen LogP) is 3.23. The van der Waals surface area contributed by atoms with Crippen LogP contribution in [0.25, 0.3) is 11.0 Å². The van der Waals surface area contributed by atoms with Crippen molar-refractivity contribution in [2.45, 2.75) is 6.92 Å². The van der Waals surface area contributed by atoms with Gasteiger partial charge in [-0.1, -0.05) is 0 Å². The molecule has 4 nitrogen and oxygen atoms in total. The first kappa shape index (κ1) is 12.3. The molecular weight excluding hydrogens is 259 g/mol. The standard InChI is InChI=1S/C15H11FN2O2/c1-9-6-11(3-4-12(9)16)20-15(19)10-2-5-13-14(7-10)18-8-17-13/h2-8H,1H3,(H,17,18). The van der Waals surface area contributed by atoms with E-state index in [1.54, 1.807) is 31.5 Å². The summed E-state index contributed by atoms with van der Waals surface area (Å²) in [7, 11) is 0. The Balaban J connectivity index is 1.86. The molecule has 0 fully saturated rings. The fraction of sp³-hybridized carbons (Fsp3) is 0.0667. The van der Waals surface area contributed by atoms with Gasteiger partial charge >= 0.3 is 5.97 Å². The predicted molar refractivity (Wildman–Crippen MR) is 72.2 cm³/mol. The third-order valence-electron chi connectivity index (χ3n) is 3.00. The van der Waals surface area contributed by atoms with E-state index < -0.39 is 5.97 Å². The van der Waals surface area contributed by atoms with E-state index >= 15 is 0 Å². The van der Waals surface area contributed by atoms with Gasteiger partial charge in [0.15, 0.2) is 0 Å². The van der Waals surface area contributed by atoms with Crippen molar-refractivity contribution in [3.8, 4) is 5.75 Å². The minimum atomic E-state index is -0.493. The van der Waals surface area contributed by atoms with Crippen LogP contribution in [0.3, 0.4) is 0 Å². The van der Waals surface area contributed by atoms with E-state index in [9.17, 15) is 9.18 Å². The van der Waals surface area contributed by atoms with Crippen molar-refractivity contribution in [1.29, 1.82) is 0 Å². The lowest BCUT2D eigenvalue weighted by Gasteiger charge is -2.05. The summed E-state index contributed by atoms with van der Waals surface area (Å²) >= 11 is 0. The van der Waals surface area contributed by atoms with Crippen molar-refractivity contribution in [3.63, 3.8) is 0 Å². The summed E-state index contributed by atoms with van der Waals surface area (Å²) in [5.74, 6) is -0.505. The van der Waals surface area contributed by atoms with Crippen LogP contribution in [0, 0.1) is 12.7 Å². The molecular formula is C15H11FN2O2. The van der Waals surface area contributed by atoms with Gasteiger partial charge in [0.1, 0.15) is 11.6 Å². The van der Waals surface area contributed by atoms with Crippen molar-refractivity contribution in [2.75, 3.05) is 0 Å². The quantitative estimate of drug-likeness (QED) is 0.574. The number of aromatic nitrogens is 2. The first-order chi connectivity index (χ1) is 9.63. The minimum Gasteiger partial charge on any atom is -0.423 e. The van der Waals surface area contributed by atoms with E-state index in [-0.39, 0.29) is 5.82 Å². The van der Waals surface area contributed by atoms with Gasteiger partial charge in [-0.3, -0.25) is 0 Å². The number of imidazole rings is 1. The highest BCUT2D eigenvalue weighted by Gasteiger charge is 2.11. The van der Waals surface area contributed by atoms with E-state index in [1.807, 2.05) is 0 Å². The number of nitrogens with one attached hydrogen (secondary N) is 1. The number of halogens is 1. The van der Waals surface area contributed by atoms with Crippen LogP contribution < -0.4 is 4.74 Å². The van der Waals surface area contributed by atoms with Crippen LogP contribution in [0.5, 0.6) is 5.75 Å². The molecule has 100 valence electrons. The zero-order valence-corrected chi connectivity index (χ0v) is 10.7. The van der Waals surface area contributed by atoms with Gasteiger partial charge in [0.2, 0.25) is 0 Å². The maximum atomic E-state index is 13.1. The fourth-order valence-electron chi connectivity index (χ4n) is 1.91. The fourth-order valence-corrected chi connectivity index (χ4v) is 1.91. The highest BCUT2D eigenvalue weighted by molar-refractivity contribution is 5.94. The molecule has 0 aliphatic carbocycles. The van der Waals surface area contributed by atoms with Gasteiger partial charge in [-0.15, -0.1) is 0 Å². The average molecular weight is 270 g/mol. The molecule has 0 saturated heterocycles. The zero-order valence-electron chi connectivity index (χ0n) is 10.7. The normalized spacial score (nSPS) is 10.7. The van der Waals surface area contributed by atoms with Gasteiger partial charge in [-0.2, -0.15) is 0 Å². The van der Waals surface area contributed by atoms with E-state index in [0.29, 0.717) is 16.9 Å². The van der Waals surface area contributed by atoms with Crippen LogP contribution in [-0.2, 0) is 0 Å². The topological polar surface area (TPSA) is 55.0 Å². The molecule has 0 unspecified atom stereocenters. The number of nitrogens with zero attached hydrogens (tertiary/aromatic N) is 1. The molecule has 0 bridgehead atoms. The Kier molecular flexibility index (Phi) is 2.95. The molecule has 0 aliphatic heterocycles. The third-order valence-corrected chi connectivity index (χ3v) is 3.00. The number of H-pyrrole nitrogens is 1. The summed E-state index contributed by atoms with van der Waals surface area (Å²) in [6.07, 6.45) is 1.56. The summed E-state index contributed by atoms with van der Waals surface area (Å²) in [5.41, 5.74) is 2.37. The maximum Gasteiger partial charge on any atom is 0.343 e. The average Bonchev–Trinajstić information content (AvgIpc) is 2.90. The van der Waals surface area contributed by atoms with Gasteiger partial charge < -0.3 is 9.72 Å². The maximum absolute atomic E-state index is 13.1. The van der Waals surface area contributed by atoms with Crippen molar-refractivity contribution in [3.05, 3.63) is 59.7 Å². The summed E-state index contributed by atoms with van der Waals surface area (Å²) in [5, 5.41) is 0. The van der Waals surface area contributed by atoms with E-state index in [4.69, 9.17) is 4.74 Å². The lowest BCUT2D eigenvalue weighted by Crippen LogP contribution is -2.08. The number of esters is 1. The van der Waals surface area contributed by atoms with Gasteiger partial charge in [0.25, 0.3) is 0 Å². The Hall–Kier alpha value is -2.69. The van der Waals surface area contributed by atoms with Crippen molar-refractivity contribution >= 4 is 17.0 Å². The number of fused-ring (bicyclic) bond motifs is 1. The number of hydrogen-bond acceptors (Lipinski definition) is 3. The molecule has 0 radical (unpaired) electrons. The van der Waals surface area contributed by atoms with Crippen LogP contribution in [0.1, 0.15) is 15.9 Å². The van der Waals surface area contributed by atoms with Gasteiger partial charge in [-0.25, -0.2) is 14.2 Å². The minimum absolute atomic E-state index is 0.318. The van der Waals surface area contributed by atoms with Crippen molar-refractivity contribution in [1.82, 2.24) is 9.97 Å². The number of carbonyl (C=O) groups is 1. The molecule has 1 heterocycles. The molecule has 0 saturated carbocycles. The second-order valence-corrected chi connectivity index (χ2v) is 4.43. The Morgan fingerprint density at radius 1 is 1.25 bits per heavy atom. The molecule has 1 N–H and O–H groups in total. The number of ether oxygens (including phenoxy) is 1. The van der Waals surface area contributed by atoms with Crippen molar-refractivity contribution < 1.29 is 13.9 Å². The third kappa shape index (κ3) is 2.25. The molecule has 3 rings (SSSR count). The van der Waals surface area contributed by atoms with Crippen LogP contribution in [0.15, 0.2) is 42.7 Å². The second kappa shape index (κ2) is 4.77. The number of hydrogen-bond donors (Lipinski definition) is 1. The van der Waals surface area contributed by atoms with Crippen LogP contribution in [-0.4, -0.2) is 15.9 Å². The number of carbonyl (C=O) groups excluding carboxylic acids is 1. The highest BCUT2D eigenvalue weighted by Crippen LogP contribution is 2.18. The molecule has 3 aromatic rings. The highest BCUT2D eigenvalue weighted by atomic mass is 19.1. The Morgan fingerprint density at radius 3 is 2.90 bits per heavy atom. The summed E-state index contributed by atoms with van der Waals surface area (Å²) in [4.78, 5) is 19.0. The summed E-state index contributed by atoms with van der Waals surface area (Å²) in [6, 6.07) is 9.23. The first-order valence-electron chi connectivity index (χ1n) is 6.05. The van der Waals surface area contributed by atoms with E-state index in [1.165, 1.54) is 18.2 Å². The molecule has 5 heteroatoms. The Bertz CT molecular complexity index is 795. The number of aryl methyl sites for hydroxylation is 1. The van der Waals surface area contributed by atoms with Crippen LogP contribution >= 0.6 is 0 Å². The SMILES string of the molecule is Cc1cc(OC(=O)c2ccc3nc[nH]c3c2)ccc1F. The van der Waals surface area contributed by atoms with E-state index in [0.717, 1.165) is 11.0 Å². The molecule has 20 heavy (non-hydrogen) atoms. The number of benzene rings is 2. The molecule has 0 aliphatic rings. The van der Waals surface area contributed by atoms with Gasteiger partial charge in [0.05, 0.1) is 22.9 Å². The molecule has 0 atom stereocenters. The van der Waals surface area contributed by atoms with Gasteiger partial charge in [-0.05, 0) is 48.9 Å². The first-order valence-corrected chi connectivity index (χ1v) is 6.05. The Labute approximate surface area is 114 Å². The van der Waals surface area contributed by atoms with Gasteiger partial charge in [0, 0.05) is 0 Å². The van der Waals surface area contributed by atoms with E-state index in [2.05, 4.69) is 9.97 Å². The Morgan fingerprint density at radius 2 is 2.10 bits per heavy atom. The monoisotopic (exact) mass is 270 g/mol.